The number of fused-ring (bicyclic) bond motifs is 5. The van der Waals surface area contributed by atoms with E-state index < -0.39 is 0 Å². The molecule has 1 unspecified atom stereocenters. The molecule has 0 heterocycles. The van der Waals surface area contributed by atoms with Crippen molar-refractivity contribution in [2.24, 2.45) is 63.1 Å². The first-order chi connectivity index (χ1) is 15.1. The van der Waals surface area contributed by atoms with Crippen molar-refractivity contribution in [3.63, 3.8) is 0 Å². The summed E-state index contributed by atoms with van der Waals surface area (Å²) in [5, 5.41) is 0. The zero-order chi connectivity index (χ0) is 24.6. The molecule has 1 heteroatoms. The predicted octanol–water partition coefficient (Wildman–Crippen LogP) is 9.12. The SMILES string of the molecule is C[C@H]([C@H](C)CCC(C)(C)C)[C@H]1CC[C@@]2(C)C3=CC(=O)[C@@H]4C[C@@H](C)[C@@H](C)C[C@]4(C)C3CC[C@]12C. The van der Waals surface area contributed by atoms with Crippen LogP contribution in [0.5, 0.6) is 0 Å². The molecule has 4 aliphatic carbocycles. The maximum absolute atomic E-state index is 13.6. The quantitative estimate of drug-likeness (QED) is 0.414. The van der Waals surface area contributed by atoms with Gasteiger partial charge in [-0.1, -0.05) is 74.8 Å². The normalized spacial score (nSPS) is 47.3. The molecule has 3 saturated carbocycles. The van der Waals surface area contributed by atoms with Gasteiger partial charge in [0.05, 0.1) is 0 Å². The number of hydrogen-bond acceptors (Lipinski definition) is 1. The van der Waals surface area contributed by atoms with Crippen molar-refractivity contribution in [1.82, 2.24) is 0 Å². The summed E-state index contributed by atoms with van der Waals surface area (Å²) in [5.41, 5.74) is 2.73. The summed E-state index contributed by atoms with van der Waals surface area (Å²) >= 11 is 0. The minimum absolute atomic E-state index is 0.182. The van der Waals surface area contributed by atoms with Crippen molar-refractivity contribution in [2.75, 3.05) is 0 Å². The van der Waals surface area contributed by atoms with Crippen molar-refractivity contribution in [3.8, 4) is 0 Å². The van der Waals surface area contributed by atoms with Crippen LogP contribution in [0.1, 0.15) is 121 Å². The van der Waals surface area contributed by atoms with Gasteiger partial charge >= 0.3 is 0 Å². The minimum Gasteiger partial charge on any atom is -0.295 e. The standard InChI is InChI=1S/C32H54O/c1-20(11-14-29(5,6)7)23(4)24-12-15-32(10)26-18-28(33)27-17-21(2)22(3)19-30(27,8)25(26)13-16-31(24,32)9/h18,20-25,27H,11-17,19H2,1-10H3/t20-,21-,22+,23-,24-,25?,27+,30-,31-,32+/m1/s1. The van der Waals surface area contributed by atoms with E-state index >= 15 is 0 Å². The Morgan fingerprint density at radius 1 is 1.00 bits per heavy atom. The molecule has 0 spiro atoms. The van der Waals surface area contributed by atoms with Crippen molar-refractivity contribution < 1.29 is 4.79 Å². The summed E-state index contributed by atoms with van der Waals surface area (Å²) in [5.74, 6) is 5.09. The van der Waals surface area contributed by atoms with Crippen LogP contribution in [-0.4, -0.2) is 5.78 Å². The van der Waals surface area contributed by atoms with Crippen molar-refractivity contribution in [2.45, 2.75) is 121 Å². The number of carbonyl (C=O) groups is 1. The fourth-order valence-corrected chi connectivity index (χ4v) is 9.48. The largest absolute Gasteiger partial charge is 0.295 e. The molecule has 0 aromatic carbocycles. The van der Waals surface area contributed by atoms with Gasteiger partial charge < -0.3 is 0 Å². The fraction of sp³-hybridized carbons (Fsp3) is 0.906. The van der Waals surface area contributed by atoms with E-state index in [1.54, 1.807) is 5.57 Å². The average molecular weight is 455 g/mol. The van der Waals surface area contributed by atoms with E-state index in [0.29, 0.717) is 28.4 Å². The summed E-state index contributed by atoms with van der Waals surface area (Å²) < 4.78 is 0. The lowest BCUT2D eigenvalue weighted by molar-refractivity contribution is -0.134. The monoisotopic (exact) mass is 454 g/mol. The Morgan fingerprint density at radius 3 is 2.30 bits per heavy atom. The molecule has 3 fully saturated rings. The van der Waals surface area contributed by atoms with Crippen molar-refractivity contribution in [1.29, 1.82) is 0 Å². The molecule has 0 aromatic rings. The maximum Gasteiger partial charge on any atom is 0.159 e. The first-order valence-corrected chi connectivity index (χ1v) is 14.4. The highest BCUT2D eigenvalue weighted by Gasteiger charge is 2.65. The second kappa shape index (κ2) is 8.23. The van der Waals surface area contributed by atoms with Crippen LogP contribution in [0, 0.1) is 63.1 Å². The third-order valence-corrected chi connectivity index (χ3v) is 12.5. The van der Waals surface area contributed by atoms with Gasteiger partial charge in [-0.25, -0.2) is 0 Å². The van der Waals surface area contributed by atoms with Gasteiger partial charge in [0.1, 0.15) is 0 Å². The first kappa shape index (κ1) is 25.5. The van der Waals surface area contributed by atoms with Crippen LogP contribution in [0.2, 0.25) is 0 Å². The van der Waals surface area contributed by atoms with Gasteiger partial charge in [0, 0.05) is 5.92 Å². The lowest BCUT2D eigenvalue weighted by atomic mass is 9.42. The highest BCUT2D eigenvalue weighted by molar-refractivity contribution is 5.94. The number of rotatable bonds is 4. The minimum atomic E-state index is 0.182. The molecule has 0 aromatic heterocycles. The molecule has 0 amide bonds. The number of hydrogen-bond donors (Lipinski definition) is 0. The van der Waals surface area contributed by atoms with E-state index in [4.69, 9.17) is 0 Å². The summed E-state index contributed by atoms with van der Waals surface area (Å²) in [6, 6.07) is 0. The van der Waals surface area contributed by atoms with Crippen molar-refractivity contribution in [3.05, 3.63) is 11.6 Å². The third kappa shape index (κ3) is 3.91. The Kier molecular flexibility index (Phi) is 6.36. The van der Waals surface area contributed by atoms with Gasteiger partial charge in [-0.2, -0.15) is 0 Å². The van der Waals surface area contributed by atoms with Gasteiger partial charge in [-0.15, -0.1) is 0 Å². The van der Waals surface area contributed by atoms with Crippen LogP contribution < -0.4 is 0 Å². The smallest absolute Gasteiger partial charge is 0.159 e. The van der Waals surface area contributed by atoms with Crippen LogP contribution in [-0.2, 0) is 4.79 Å². The average Bonchev–Trinajstić information content (AvgIpc) is 2.99. The van der Waals surface area contributed by atoms with Crippen molar-refractivity contribution >= 4 is 5.78 Å². The first-order valence-electron chi connectivity index (χ1n) is 14.4. The Balaban J connectivity index is 1.62. The summed E-state index contributed by atoms with van der Waals surface area (Å²) in [4.78, 5) is 13.6. The third-order valence-electron chi connectivity index (χ3n) is 12.5. The zero-order valence-corrected chi connectivity index (χ0v) is 23.7. The maximum atomic E-state index is 13.6. The number of allylic oxidation sites excluding steroid dienone is 2. The molecule has 0 N–H and O–H groups in total. The topological polar surface area (TPSA) is 17.1 Å². The van der Waals surface area contributed by atoms with Gasteiger partial charge in [0.15, 0.2) is 5.78 Å². The molecule has 33 heavy (non-hydrogen) atoms. The molecule has 4 rings (SSSR count). The number of carbonyl (C=O) groups excluding carboxylic acids is 1. The van der Waals surface area contributed by atoms with Crippen LogP contribution in [0.3, 0.4) is 0 Å². The predicted molar refractivity (Wildman–Crippen MR) is 141 cm³/mol. The van der Waals surface area contributed by atoms with E-state index in [1.807, 2.05) is 0 Å². The van der Waals surface area contributed by atoms with E-state index in [0.717, 1.165) is 30.1 Å². The van der Waals surface area contributed by atoms with Gasteiger partial charge in [0.25, 0.3) is 0 Å². The second-order valence-electron chi connectivity index (χ2n) is 15.4. The molecule has 10 atom stereocenters. The van der Waals surface area contributed by atoms with E-state index in [2.05, 4.69) is 75.3 Å². The second-order valence-corrected chi connectivity index (χ2v) is 15.4. The summed E-state index contributed by atoms with van der Waals surface area (Å²) in [6.45, 7) is 24.7. The van der Waals surface area contributed by atoms with Crippen LogP contribution in [0.25, 0.3) is 0 Å². The Hall–Kier alpha value is -0.590. The zero-order valence-electron chi connectivity index (χ0n) is 23.7. The van der Waals surface area contributed by atoms with E-state index in [-0.39, 0.29) is 16.7 Å². The lowest BCUT2D eigenvalue weighted by Gasteiger charge is -2.61. The Bertz CT molecular complexity index is 800. The molecule has 0 radical (unpaired) electrons. The Morgan fingerprint density at radius 2 is 1.67 bits per heavy atom. The van der Waals surface area contributed by atoms with Gasteiger partial charge in [-0.3, -0.25) is 4.79 Å². The van der Waals surface area contributed by atoms with Crippen LogP contribution in [0.4, 0.5) is 0 Å². The molecular weight excluding hydrogens is 400 g/mol. The van der Waals surface area contributed by atoms with Gasteiger partial charge in [0.2, 0.25) is 0 Å². The lowest BCUT2D eigenvalue weighted by Crippen LogP contribution is -2.56. The molecule has 0 saturated heterocycles. The molecular formula is C32H54O. The highest BCUT2D eigenvalue weighted by Crippen LogP contribution is 2.72. The molecule has 188 valence electrons. The molecule has 0 aliphatic heterocycles. The summed E-state index contributed by atoms with van der Waals surface area (Å²) in [7, 11) is 0. The number of ketones is 1. The summed E-state index contributed by atoms with van der Waals surface area (Å²) in [6.07, 6.45) is 12.5. The van der Waals surface area contributed by atoms with E-state index in [9.17, 15) is 4.79 Å². The molecule has 1 nitrogen and oxygen atoms in total. The van der Waals surface area contributed by atoms with Crippen LogP contribution in [0.15, 0.2) is 11.6 Å². The Labute approximate surface area is 206 Å². The molecule has 4 aliphatic rings. The van der Waals surface area contributed by atoms with Gasteiger partial charge in [-0.05, 0) is 115 Å². The van der Waals surface area contributed by atoms with Crippen LogP contribution >= 0.6 is 0 Å². The highest BCUT2D eigenvalue weighted by atomic mass is 16.1. The molecule has 0 bridgehead atoms. The fourth-order valence-electron chi connectivity index (χ4n) is 9.48. The van der Waals surface area contributed by atoms with E-state index in [1.165, 1.54) is 44.9 Å².